The van der Waals surface area contributed by atoms with E-state index in [1.54, 1.807) is 42.3 Å². The number of nitrogens with zero attached hydrogens (tertiary/aromatic N) is 6. The monoisotopic (exact) mass is 471 g/mol. The van der Waals surface area contributed by atoms with Crippen LogP contribution in [0.4, 0.5) is 17.5 Å². The molecular weight excluding hydrogens is 446 g/mol. The minimum absolute atomic E-state index is 0.240. The van der Waals surface area contributed by atoms with E-state index in [4.69, 9.17) is 0 Å². The third-order valence-corrected chi connectivity index (χ3v) is 6.30. The van der Waals surface area contributed by atoms with Gasteiger partial charge in [0.2, 0.25) is 5.91 Å². The maximum Gasteiger partial charge on any atom is 0.262 e. The summed E-state index contributed by atoms with van der Waals surface area (Å²) < 4.78 is 0. The molecule has 1 fully saturated rings. The van der Waals surface area contributed by atoms with Crippen molar-refractivity contribution in [2.24, 2.45) is 0 Å². The van der Waals surface area contributed by atoms with Gasteiger partial charge in [-0.3, -0.25) is 19.3 Å². The minimum atomic E-state index is -0.866. The third kappa shape index (κ3) is 4.30. The van der Waals surface area contributed by atoms with Gasteiger partial charge in [-0.1, -0.05) is 18.2 Å². The van der Waals surface area contributed by atoms with Crippen molar-refractivity contribution in [2.45, 2.75) is 19.9 Å². The Labute approximate surface area is 202 Å². The van der Waals surface area contributed by atoms with E-state index >= 15 is 0 Å². The van der Waals surface area contributed by atoms with Crippen molar-refractivity contribution in [1.29, 1.82) is 0 Å². The molecule has 4 heterocycles. The highest BCUT2D eigenvalue weighted by Gasteiger charge is 2.42. The van der Waals surface area contributed by atoms with Crippen molar-refractivity contribution in [2.75, 3.05) is 36.4 Å². The van der Waals surface area contributed by atoms with Crippen LogP contribution in [0.25, 0.3) is 0 Å². The van der Waals surface area contributed by atoms with E-state index < -0.39 is 17.9 Å². The highest BCUT2D eigenvalue weighted by Crippen LogP contribution is 2.25. The standard InChI is InChI=1S/C25H25N7O3/c1-16-7-8-20(26-15-16)27-21-9-10-22(29-28-21)30-11-13-31(14-12-30)23(33)17(2)32-24(34)18-5-3-4-6-19(18)25(32)35/h3-10,15,17H,11-14H2,1-2H3,(H,26,27,28). The zero-order valence-electron chi connectivity index (χ0n) is 19.5. The number of fused-ring (bicyclic) bond motifs is 1. The lowest BCUT2D eigenvalue weighted by Gasteiger charge is -2.37. The van der Waals surface area contributed by atoms with E-state index in [-0.39, 0.29) is 5.91 Å². The van der Waals surface area contributed by atoms with Gasteiger partial charge in [-0.25, -0.2) is 4.98 Å². The second-order valence-corrected chi connectivity index (χ2v) is 8.64. The summed E-state index contributed by atoms with van der Waals surface area (Å²) in [6.07, 6.45) is 1.78. The summed E-state index contributed by atoms with van der Waals surface area (Å²) in [5.41, 5.74) is 1.76. The second kappa shape index (κ2) is 9.13. The lowest BCUT2D eigenvalue weighted by Crippen LogP contribution is -2.55. The minimum Gasteiger partial charge on any atom is -0.352 e. The number of hydrogen-bond donors (Lipinski definition) is 1. The van der Waals surface area contributed by atoms with Gasteiger partial charge in [0.15, 0.2) is 11.6 Å². The van der Waals surface area contributed by atoms with Crippen molar-refractivity contribution in [1.82, 2.24) is 25.0 Å². The first-order chi connectivity index (χ1) is 16.9. The molecule has 3 aromatic rings. The van der Waals surface area contributed by atoms with E-state index in [0.717, 1.165) is 10.5 Å². The smallest absolute Gasteiger partial charge is 0.262 e. The average Bonchev–Trinajstić information content (AvgIpc) is 3.15. The number of aryl methyl sites for hydroxylation is 1. The Kier molecular flexibility index (Phi) is 5.86. The number of pyridine rings is 1. The maximum atomic E-state index is 13.1. The molecule has 2 aromatic heterocycles. The van der Waals surface area contributed by atoms with Gasteiger partial charge >= 0.3 is 0 Å². The lowest BCUT2D eigenvalue weighted by molar-refractivity contribution is -0.135. The number of piperazine rings is 1. The van der Waals surface area contributed by atoms with Crippen LogP contribution < -0.4 is 10.2 Å². The molecule has 10 heteroatoms. The van der Waals surface area contributed by atoms with Crippen LogP contribution in [0.1, 0.15) is 33.2 Å². The van der Waals surface area contributed by atoms with E-state index in [0.29, 0.717) is 54.8 Å². The van der Waals surface area contributed by atoms with E-state index in [1.165, 1.54) is 0 Å². The van der Waals surface area contributed by atoms with Crippen LogP contribution in [-0.2, 0) is 4.79 Å². The van der Waals surface area contributed by atoms with Crippen molar-refractivity contribution in [3.05, 3.63) is 71.4 Å². The van der Waals surface area contributed by atoms with Crippen LogP contribution in [0.5, 0.6) is 0 Å². The molecule has 0 aliphatic carbocycles. The predicted molar refractivity (Wildman–Crippen MR) is 129 cm³/mol. The fraction of sp³-hybridized carbons (Fsp3) is 0.280. The number of hydrogen-bond acceptors (Lipinski definition) is 8. The van der Waals surface area contributed by atoms with Crippen molar-refractivity contribution in [3.8, 4) is 0 Å². The number of carbonyl (C=O) groups excluding carboxylic acids is 3. The molecule has 2 aliphatic heterocycles. The van der Waals surface area contributed by atoms with Gasteiger partial charge in [-0.05, 0) is 49.7 Å². The highest BCUT2D eigenvalue weighted by molar-refractivity contribution is 6.22. The van der Waals surface area contributed by atoms with E-state index in [2.05, 4.69) is 25.4 Å². The van der Waals surface area contributed by atoms with Gasteiger partial charge in [-0.15, -0.1) is 10.2 Å². The van der Waals surface area contributed by atoms with Gasteiger partial charge < -0.3 is 15.1 Å². The van der Waals surface area contributed by atoms with Crippen LogP contribution in [0, 0.1) is 6.92 Å². The quantitative estimate of drug-likeness (QED) is 0.564. The molecule has 35 heavy (non-hydrogen) atoms. The number of benzene rings is 1. The number of amides is 3. The number of nitrogens with one attached hydrogen (secondary N) is 1. The molecule has 3 amide bonds. The summed E-state index contributed by atoms with van der Waals surface area (Å²) in [5, 5.41) is 11.7. The normalized spacial score (nSPS) is 16.3. The zero-order chi connectivity index (χ0) is 24.5. The van der Waals surface area contributed by atoms with Gasteiger partial charge in [-0.2, -0.15) is 0 Å². The molecule has 1 atom stereocenters. The summed E-state index contributed by atoms with van der Waals surface area (Å²) in [6, 6.07) is 13.4. The third-order valence-electron chi connectivity index (χ3n) is 6.30. The van der Waals surface area contributed by atoms with Crippen LogP contribution >= 0.6 is 0 Å². The predicted octanol–water partition coefficient (Wildman–Crippen LogP) is 2.26. The first kappa shape index (κ1) is 22.5. The molecule has 0 saturated carbocycles. The number of rotatable bonds is 5. The Morgan fingerprint density at radius 3 is 2.11 bits per heavy atom. The number of carbonyl (C=O) groups is 3. The largest absolute Gasteiger partial charge is 0.352 e. The van der Waals surface area contributed by atoms with Crippen molar-refractivity contribution >= 4 is 35.2 Å². The zero-order valence-corrected chi connectivity index (χ0v) is 19.5. The molecular formula is C25H25N7O3. The van der Waals surface area contributed by atoms with Crippen LogP contribution in [0.3, 0.4) is 0 Å². The molecule has 1 unspecified atom stereocenters. The SMILES string of the molecule is Cc1ccc(Nc2ccc(N3CCN(C(=O)C(C)N4C(=O)c5ccccc5C4=O)CC3)nn2)nc1. The fourth-order valence-corrected chi connectivity index (χ4v) is 4.32. The summed E-state index contributed by atoms with van der Waals surface area (Å²) in [5.74, 6) is 0.915. The summed E-state index contributed by atoms with van der Waals surface area (Å²) in [7, 11) is 0. The molecule has 1 aromatic carbocycles. The van der Waals surface area contributed by atoms with Gasteiger partial charge in [0.05, 0.1) is 11.1 Å². The van der Waals surface area contributed by atoms with Gasteiger partial charge in [0.25, 0.3) is 11.8 Å². The molecule has 178 valence electrons. The fourth-order valence-electron chi connectivity index (χ4n) is 4.32. The summed E-state index contributed by atoms with van der Waals surface area (Å²) in [4.78, 5) is 47.7. The van der Waals surface area contributed by atoms with Gasteiger partial charge in [0, 0.05) is 32.4 Å². The Morgan fingerprint density at radius 2 is 1.54 bits per heavy atom. The van der Waals surface area contributed by atoms with Gasteiger partial charge in [0.1, 0.15) is 11.9 Å². The first-order valence-electron chi connectivity index (χ1n) is 11.5. The molecule has 10 nitrogen and oxygen atoms in total. The lowest BCUT2D eigenvalue weighted by atomic mass is 10.1. The van der Waals surface area contributed by atoms with Crippen molar-refractivity contribution < 1.29 is 14.4 Å². The maximum absolute atomic E-state index is 13.1. The second-order valence-electron chi connectivity index (χ2n) is 8.64. The van der Waals surface area contributed by atoms with Crippen molar-refractivity contribution in [3.63, 3.8) is 0 Å². The van der Waals surface area contributed by atoms with Crippen LogP contribution in [0.2, 0.25) is 0 Å². The Balaban J connectivity index is 1.18. The molecule has 1 N–H and O–H groups in total. The van der Waals surface area contributed by atoms with E-state index in [9.17, 15) is 14.4 Å². The topological polar surface area (TPSA) is 112 Å². The molecule has 0 radical (unpaired) electrons. The Morgan fingerprint density at radius 1 is 0.886 bits per heavy atom. The van der Waals surface area contributed by atoms with Crippen LogP contribution in [-0.4, -0.2) is 74.9 Å². The Bertz CT molecular complexity index is 1230. The molecule has 0 spiro atoms. The molecule has 2 aliphatic rings. The summed E-state index contributed by atoms with van der Waals surface area (Å²) >= 11 is 0. The number of imide groups is 1. The Hall–Kier alpha value is -4.34. The molecule has 5 rings (SSSR count). The number of anilines is 3. The number of aromatic nitrogens is 3. The first-order valence-corrected chi connectivity index (χ1v) is 11.5. The highest BCUT2D eigenvalue weighted by atomic mass is 16.2. The van der Waals surface area contributed by atoms with E-state index in [1.807, 2.05) is 31.2 Å². The average molecular weight is 472 g/mol. The molecule has 1 saturated heterocycles. The van der Waals surface area contributed by atoms with Crippen LogP contribution in [0.15, 0.2) is 54.7 Å². The molecule has 0 bridgehead atoms. The summed E-state index contributed by atoms with van der Waals surface area (Å²) in [6.45, 7) is 5.64.